The molecule has 0 bridgehead atoms. The van der Waals surface area contributed by atoms with Gasteiger partial charge in [-0.25, -0.2) is 14.0 Å². The van der Waals surface area contributed by atoms with Crippen LogP contribution in [0.2, 0.25) is 0 Å². The first-order valence-corrected chi connectivity index (χ1v) is 9.48. The third kappa shape index (κ3) is 3.80. The predicted molar refractivity (Wildman–Crippen MR) is 113 cm³/mol. The van der Waals surface area contributed by atoms with E-state index < -0.39 is 5.76 Å². The molecule has 1 N–H and O–H groups in total. The third-order valence-electron chi connectivity index (χ3n) is 4.75. The number of nitrogens with one attached hydrogen (secondary N) is 1. The van der Waals surface area contributed by atoms with Crippen LogP contribution in [-0.2, 0) is 11.3 Å². The van der Waals surface area contributed by atoms with E-state index in [1.54, 1.807) is 10.7 Å². The second-order valence-corrected chi connectivity index (χ2v) is 7.14. The first kappa shape index (κ1) is 19.4. The zero-order valence-corrected chi connectivity index (χ0v) is 16.9. The number of nitrogens with zero attached hydrogens (tertiary/aromatic N) is 4. The summed E-state index contributed by atoms with van der Waals surface area (Å²) in [6, 6.07) is 17.1. The molecule has 8 nitrogen and oxygen atoms in total. The van der Waals surface area contributed by atoms with Crippen LogP contribution in [0.5, 0.6) is 0 Å². The molecule has 0 saturated carbocycles. The van der Waals surface area contributed by atoms with Gasteiger partial charge in [-0.1, -0.05) is 47.1 Å². The van der Waals surface area contributed by atoms with E-state index in [-0.39, 0.29) is 12.5 Å². The number of carbonyl (C=O) groups is 1. The Balaban J connectivity index is 1.60. The fourth-order valence-electron chi connectivity index (χ4n) is 3.22. The number of benzene rings is 2. The lowest BCUT2D eigenvalue weighted by Gasteiger charge is -2.10. The van der Waals surface area contributed by atoms with Crippen LogP contribution in [0.3, 0.4) is 0 Å². The zero-order chi connectivity index (χ0) is 21.3. The molecule has 4 rings (SSSR count). The van der Waals surface area contributed by atoms with E-state index in [9.17, 15) is 9.59 Å². The summed E-state index contributed by atoms with van der Waals surface area (Å²) < 4.78 is 7.70. The summed E-state index contributed by atoms with van der Waals surface area (Å²) in [6.45, 7) is 5.52. The van der Waals surface area contributed by atoms with Crippen LogP contribution >= 0.6 is 0 Å². The van der Waals surface area contributed by atoms with Gasteiger partial charge in [0.2, 0.25) is 5.91 Å². The van der Waals surface area contributed by atoms with Crippen molar-refractivity contribution in [1.82, 2.24) is 19.5 Å². The van der Waals surface area contributed by atoms with Crippen molar-refractivity contribution in [3.63, 3.8) is 0 Å². The highest BCUT2D eigenvalue weighted by Gasteiger charge is 2.18. The van der Waals surface area contributed by atoms with Gasteiger partial charge in [-0.3, -0.25) is 9.32 Å². The average molecular weight is 403 g/mol. The SMILES string of the molecule is Cc1ccc(-n2nc(C)cc2NC(=O)Cn2c(-c3ccccc3C)noc2=O)cc1. The number of rotatable bonds is 5. The molecule has 0 spiro atoms. The highest BCUT2D eigenvalue weighted by Crippen LogP contribution is 2.21. The van der Waals surface area contributed by atoms with E-state index in [2.05, 4.69) is 15.6 Å². The van der Waals surface area contributed by atoms with Crippen molar-refractivity contribution in [2.24, 2.45) is 0 Å². The van der Waals surface area contributed by atoms with Crippen molar-refractivity contribution in [3.05, 3.63) is 82.0 Å². The summed E-state index contributed by atoms with van der Waals surface area (Å²) >= 11 is 0. The molecule has 0 aliphatic carbocycles. The minimum atomic E-state index is -0.688. The number of hydrogen-bond donors (Lipinski definition) is 1. The summed E-state index contributed by atoms with van der Waals surface area (Å²) in [5, 5.41) is 11.2. The highest BCUT2D eigenvalue weighted by molar-refractivity contribution is 5.90. The van der Waals surface area contributed by atoms with Crippen LogP contribution < -0.4 is 11.1 Å². The number of amides is 1. The van der Waals surface area contributed by atoms with Gasteiger partial charge in [0.1, 0.15) is 12.4 Å². The van der Waals surface area contributed by atoms with Gasteiger partial charge in [0.05, 0.1) is 11.4 Å². The molecule has 0 atom stereocenters. The van der Waals surface area contributed by atoms with E-state index in [4.69, 9.17) is 4.52 Å². The number of carbonyl (C=O) groups excluding carboxylic acids is 1. The molecule has 0 fully saturated rings. The van der Waals surface area contributed by atoms with Crippen LogP contribution in [0.25, 0.3) is 17.1 Å². The molecule has 0 radical (unpaired) electrons. The molecule has 2 heterocycles. The van der Waals surface area contributed by atoms with Crippen molar-refractivity contribution >= 4 is 11.7 Å². The number of aromatic nitrogens is 4. The standard InChI is InChI=1S/C22H21N5O3/c1-14-8-10-17(11-9-14)27-19(12-16(3)24-27)23-20(28)13-26-21(25-30-22(26)29)18-7-5-4-6-15(18)2/h4-12H,13H2,1-3H3,(H,23,28). The molecule has 0 saturated heterocycles. The summed E-state index contributed by atoms with van der Waals surface area (Å²) in [5.41, 5.74) is 4.37. The van der Waals surface area contributed by atoms with Gasteiger partial charge in [0.15, 0.2) is 5.82 Å². The van der Waals surface area contributed by atoms with Gasteiger partial charge >= 0.3 is 5.76 Å². The van der Waals surface area contributed by atoms with Gasteiger partial charge in [0, 0.05) is 11.6 Å². The first-order chi connectivity index (χ1) is 14.4. The van der Waals surface area contributed by atoms with Gasteiger partial charge in [0.25, 0.3) is 0 Å². The summed E-state index contributed by atoms with van der Waals surface area (Å²) in [6.07, 6.45) is 0. The van der Waals surface area contributed by atoms with Crippen LogP contribution in [0.1, 0.15) is 16.8 Å². The quantitative estimate of drug-likeness (QED) is 0.552. The molecule has 1 amide bonds. The Hall–Kier alpha value is -3.94. The van der Waals surface area contributed by atoms with Crippen LogP contribution in [-0.4, -0.2) is 25.4 Å². The molecule has 4 aromatic rings. The molecular weight excluding hydrogens is 382 g/mol. The van der Waals surface area contributed by atoms with E-state index in [0.29, 0.717) is 11.6 Å². The van der Waals surface area contributed by atoms with E-state index >= 15 is 0 Å². The smallest absolute Gasteiger partial charge is 0.309 e. The third-order valence-corrected chi connectivity index (χ3v) is 4.75. The molecule has 30 heavy (non-hydrogen) atoms. The summed E-state index contributed by atoms with van der Waals surface area (Å²) in [7, 11) is 0. The van der Waals surface area contributed by atoms with Crippen LogP contribution in [0, 0.1) is 20.8 Å². The Morgan fingerprint density at radius 2 is 1.80 bits per heavy atom. The Morgan fingerprint density at radius 1 is 1.07 bits per heavy atom. The Kier molecular flexibility index (Phi) is 5.05. The second kappa shape index (κ2) is 7.82. The molecular formula is C22H21N5O3. The van der Waals surface area contributed by atoms with Gasteiger partial charge in [-0.15, -0.1) is 0 Å². The Morgan fingerprint density at radius 3 is 2.53 bits per heavy atom. The van der Waals surface area contributed by atoms with Gasteiger partial charge in [-0.05, 0) is 38.5 Å². The normalized spacial score (nSPS) is 10.9. The average Bonchev–Trinajstić information content (AvgIpc) is 3.25. The lowest BCUT2D eigenvalue weighted by molar-refractivity contribution is -0.116. The summed E-state index contributed by atoms with van der Waals surface area (Å²) in [5.74, 6) is -0.241. The molecule has 2 aromatic carbocycles. The largest absolute Gasteiger partial charge is 0.442 e. The lowest BCUT2D eigenvalue weighted by Crippen LogP contribution is -2.26. The monoisotopic (exact) mass is 403 g/mol. The number of anilines is 1. The Bertz CT molecular complexity index is 1260. The minimum Gasteiger partial charge on any atom is -0.309 e. The first-order valence-electron chi connectivity index (χ1n) is 9.48. The van der Waals surface area contributed by atoms with Crippen molar-refractivity contribution in [3.8, 4) is 17.1 Å². The molecule has 2 aromatic heterocycles. The van der Waals surface area contributed by atoms with Gasteiger partial charge in [-0.2, -0.15) is 5.10 Å². The molecule has 8 heteroatoms. The predicted octanol–water partition coefficient (Wildman–Crippen LogP) is 3.25. The van der Waals surface area contributed by atoms with Crippen LogP contribution in [0.4, 0.5) is 5.82 Å². The van der Waals surface area contributed by atoms with Gasteiger partial charge < -0.3 is 5.32 Å². The topological polar surface area (TPSA) is 95.0 Å². The molecule has 152 valence electrons. The molecule has 0 aliphatic heterocycles. The van der Waals surface area contributed by atoms with Crippen molar-refractivity contribution in [1.29, 1.82) is 0 Å². The summed E-state index contributed by atoms with van der Waals surface area (Å²) in [4.78, 5) is 24.9. The van der Waals surface area contributed by atoms with E-state index in [1.807, 2.05) is 69.3 Å². The zero-order valence-electron chi connectivity index (χ0n) is 16.9. The number of aryl methyl sites for hydroxylation is 3. The second-order valence-electron chi connectivity index (χ2n) is 7.14. The Labute approximate surface area is 172 Å². The van der Waals surface area contributed by atoms with Crippen LogP contribution in [0.15, 0.2) is 63.9 Å². The van der Waals surface area contributed by atoms with Crippen molar-refractivity contribution in [2.45, 2.75) is 27.3 Å². The van der Waals surface area contributed by atoms with Crippen molar-refractivity contribution in [2.75, 3.05) is 5.32 Å². The maximum atomic E-state index is 12.8. The van der Waals surface area contributed by atoms with E-state index in [0.717, 1.165) is 28.1 Å². The van der Waals surface area contributed by atoms with E-state index in [1.165, 1.54) is 4.57 Å². The fraction of sp³-hybridized carbons (Fsp3) is 0.182. The van der Waals surface area contributed by atoms with Crippen molar-refractivity contribution < 1.29 is 9.32 Å². The number of hydrogen-bond acceptors (Lipinski definition) is 5. The lowest BCUT2D eigenvalue weighted by atomic mass is 10.1. The minimum absolute atomic E-state index is 0.232. The maximum absolute atomic E-state index is 12.8. The molecule has 0 aliphatic rings. The molecule has 0 unspecified atom stereocenters. The highest BCUT2D eigenvalue weighted by atomic mass is 16.5. The fourth-order valence-corrected chi connectivity index (χ4v) is 3.22. The maximum Gasteiger partial charge on any atom is 0.442 e.